The van der Waals surface area contributed by atoms with Crippen LogP contribution in [-0.2, 0) is 4.74 Å². The average Bonchev–Trinajstić information content (AvgIpc) is 3.37. The van der Waals surface area contributed by atoms with E-state index in [1.165, 1.54) is 4.57 Å². The molecule has 0 saturated heterocycles. The molecule has 3 rings (SSSR count). The normalized spacial score (nSPS) is 14.0. The predicted molar refractivity (Wildman–Crippen MR) is 80.6 cm³/mol. The fourth-order valence-corrected chi connectivity index (χ4v) is 2.75. The monoisotopic (exact) mass is 339 g/mol. The number of methoxy groups -OCH3 is 1. The molecule has 0 aliphatic heterocycles. The molecular weight excluding hydrogens is 324 g/mol. The molecule has 1 saturated carbocycles. The molecule has 2 aromatic rings. The first-order valence-corrected chi connectivity index (χ1v) is 7.42. The molecule has 0 atom stereocenters. The third-order valence-electron chi connectivity index (χ3n) is 3.90. The molecule has 8 heteroatoms. The molecule has 1 N–H and O–H groups in total. The van der Waals surface area contributed by atoms with Crippen LogP contribution in [0.15, 0.2) is 10.9 Å². The molecule has 1 aromatic heterocycles. The van der Waals surface area contributed by atoms with Crippen molar-refractivity contribution in [1.82, 2.24) is 4.57 Å². The van der Waals surface area contributed by atoms with E-state index in [0.717, 1.165) is 7.11 Å². The molecule has 1 aromatic carbocycles. The predicted octanol–water partition coefficient (Wildman–Crippen LogP) is 2.51. The summed E-state index contributed by atoms with van der Waals surface area (Å²) in [7, 11) is 1.13. The van der Waals surface area contributed by atoms with Crippen LogP contribution in [0.2, 0.25) is 0 Å². The molecule has 24 heavy (non-hydrogen) atoms. The van der Waals surface area contributed by atoms with E-state index in [1.54, 1.807) is 6.92 Å². The maximum absolute atomic E-state index is 14.1. The number of hydrogen-bond donors (Lipinski definition) is 1. The van der Waals surface area contributed by atoms with Crippen LogP contribution in [0.25, 0.3) is 10.9 Å². The average molecular weight is 339 g/mol. The summed E-state index contributed by atoms with van der Waals surface area (Å²) in [5, 5.41) is 9.92. The summed E-state index contributed by atoms with van der Waals surface area (Å²) in [5.74, 6) is -4.78. The van der Waals surface area contributed by atoms with Crippen LogP contribution in [0.4, 0.5) is 8.78 Å². The zero-order valence-corrected chi connectivity index (χ0v) is 13.1. The SMILES string of the molecule is CCOC(=O)c1c(O)c(=O)c2cc(F)c(F)c(OC)c2n1C1CC1. The van der Waals surface area contributed by atoms with Crippen molar-refractivity contribution in [1.29, 1.82) is 0 Å². The number of pyridine rings is 1. The first-order valence-electron chi connectivity index (χ1n) is 7.42. The van der Waals surface area contributed by atoms with E-state index < -0.39 is 34.5 Å². The first kappa shape index (κ1) is 16.2. The maximum atomic E-state index is 14.1. The van der Waals surface area contributed by atoms with E-state index >= 15 is 0 Å². The number of carbonyl (C=O) groups excluding carboxylic acids is 1. The smallest absolute Gasteiger partial charge is 0.359 e. The Morgan fingerprint density at radius 3 is 2.62 bits per heavy atom. The van der Waals surface area contributed by atoms with Crippen LogP contribution in [0.5, 0.6) is 11.5 Å². The number of fused-ring (bicyclic) bond motifs is 1. The van der Waals surface area contributed by atoms with Crippen molar-refractivity contribution < 1.29 is 28.2 Å². The van der Waals surface area contributed by atoms with Crippen LogP contribution < -0.4 is 10.2 Å². The van der Waals surface area contributed by atoms with Gasteiger partial charge in [-0.25, -0.2) is 9.18 Å². The van der Waals surface area contributed by atoms with Gasteiger partial charge in [0.1, 0.15) is 0 Å². The van der Waals surface area contributed by atoms with E-state index in [-0.39, 0.29) is 29.2 Å². The van der Waals surface area contributed by atoms with E-state index in [0.29, 0.717) is 18.9 Å². The highest BCUT2D eigenvalue weighted by molar-refractivity contribution is 5.97. The van der Waals surface area contributed by atoms with Crippen molar-refractivity contribution in [3.63, 3.8) is 0 Å². The largest absolute Gasteiger partial charge is 0.502 e. The van der Waals surface area contributed by atoms with Crippen molar-refractivity contribution in [3.8, 4) is 11.5 Å². The van der Waals surface area contributed by atoms with Gasteiger partial charge in [0.2, 0.25) is 11.2 Å². The number of ether oxygens (including phenoxy) is 2. The number of benzene rings is 1. The van der Waals surface area contributed by atoms with Crippen molar-refractivity contribution in [2.24, 2.45) is 0 Å². The van der Waals surface area contributed by atoms with Gasteiger partial charge in [-0.2, -0.15) is 4.39 Å². The summed E-state index contributed by atoms with van der Waals surface area (Å²) < 4.78 is 39.0. The second-order valence-electron chi connectivity index (χ2n) is 5.45. The number of carbonyl (C=O) groups is 1. The quantitative estimate of drug-likeness (QED) is 0.866. The number of aromatic nitrogens is 1. The Morgan fingerprint density at radius 1 is 1.42 bits per heavy atom. The van der Waals surface area contributed by atoms with E-state index in [2.05, 4.69) is 0 Å². The Kier molecular flexibility index (Phi) is 3.90. The Bertz CT molecular complexity index is 902. The summed E-state index contributed by atoms with van der Waals surface area (Å²) >= 11 is 0. The second-order valence-corrected chi connectivity index (χ2v) is 5.45. The van der Waals surface area contributed by atoms with Gasteiger partial charge in [-0.05, 0) is 25.8 Å². The maximum Gasteiger partial charge on any atom is 0.359 e. The van der Waals surface area contributed by atoms with Gasteiger partial charge >= 0.3 is 5.97 Å². The van der Waals surface area contributed by atoms with Crippen molar-refractivity contribution in [2.45, 2.75) is 25.8 Å². The van der Waals surface area contributed by atoms with E-state index in [4.69, 9.17) is 9.47 Å². The summed E-state index contributed by atoms with van der Waals surface area (Å²) in [6.07, 6.45) is 1.32. The second kappa shape index (κ2) is 5.77. The first-order chi connectivity index (χ1) is 11.4. The third kappa shape index (κ3) is 2.29. The lowest BCUT2D eigenvalue weighted by molar-refractivity contribution is 0.0509. The van der Waals surface area contributed by atoms with Gasteiger partial charge in [0.05, 0.1) is 24.6 Å². The molecule has 1 heterocycles. The lowest BCUT2D eigenvalue weighted by Crippen LogP contribution is -2.21. The van der Waals surface area contributed by atoms with Gasteiger partial charge in [0.15, 0.2) is 23.0 Å². The Labute approximate surface area is 135 Å². The minimum Gasteiger partial charge on any atom is -0.502 e. The molecule has 0 spiro atoms. The highest BCUT2D eigenvalue weighted by atomic mass is 19.2. The Balaban J connectivity index is 2.51. The molecule has 0 bridgehead atoms. The number of rotatable bonds is 4. The highest BCUT2D eigenvalue weighted by Crippen LogP contribution is 2.43. The molecule has 128 valence electrons. The molecule has 0 unspecified atom stereocenters. The van der Waals surface area contributed by atoms with E-state index in [9.17, 15) is 23.5 Å². The van der Waals surface area contributed by atoms with Gasteiger partial charge in [0.25, 0.3) is 0 Å². The highest BCUT2D eigenvalue weighted by Gasteiger charge is 2.35. The van der Waals surface area contributed by atoms with Crippen LogP contribution in [0.3, 0.4) is 0 Å². The van der Waals surface area contributed by atoms with Gasteiger partial charge in [-0.15, -0.1) is 0 Å². The minimum atomic E-state index is -1.28. The molecule has 1 aliphatic carbocycles. The van der Waals surface area contributed by atoms with Gasteiger partial charge in [-0.3, -0.25) is 4.79 Å². The van der Waals surface area contributed by atoms with E-state index in [1.807, 2.05) is 0 Å². The lowest BCUT2D eigenvalue weighted by atomic mass is 10.1. The van der Waals surface area contributed by atoms with Gasteiger partial charge < -0.3 is 19.1 Å². The minimum absolute atomic E-state index is 0.0318. The number of halogens is 2. The fourth-order valence-electron chi connectivity index (χ4n) is 2.75. The zero-order valence-electron chi connectivity index (χ0n) is 13.1. The summed E-state index contributed by atoms with van der Waals surface area (Å²) in [5.41, 5.74) is -1.42. The molecule has 0 radical (unpaired) electrons. The van der Waals surface area contributed by atoms with Crippen LogP contribution in [0.1, 0.15) is 36.3 Å². The molecular formula is C16H15F2NO5. The summed E-state index contributed by atoms with van der Waals surface area (Å²) in [6, 6.07) is 0.459. The summed E-state index contributed by atoms with van der Waals surface area (Å²) in [6.45, 7) is 1.61. The van der Waals surface area contributed by atoms with Crippen LogP contribution in [-0.4, -0.2) is 29.4 Å². The van der Waals surface area contributed by atoms with Gasteiger partial charge in [-0.1, -0.05) is 0 Å². The topological polar surface area (TPSA) is 77.8 Å². The van der Waals surface area contributed by atoms with Crippen molar-refractivity contribution in [2.75, 3.05) is 13.7 Å². The fraction of sp³-hybridized carbons (Fsp3) is 0.375. The zero-order chi connectivity index (χ0) is 17.6. The Morgan fingerprint density at radius 2 is 2.08 bits per heavy atom. The number of hydrogen-bond acceptors (Lipinski definition) is 5. The number of esters is 1. The van der Waals surface area contributed by atoms with Gasteiger partial charge in [0, 0.05) is 6.04 Å². The standard InChI is InChI=1S/C16H15F2NO5/c1-3-24-16(22)12-14(21)13(20)8-6-9(17)10(18)15(23-2)11(8)19(12)7-4-5-7/h6-7,21H,3-5H2,1-2H3. The lowest BCUT2D eigenvalue weighted by Gasteiger charge is -2.19. The van der Waals surface area contributed by atoms with Crippen LogP contribution >= 0.6 is 0 Å². The van der Waals surface area contributed by atoms with Crippen molar-refractivity contribution in [3.05, 3.63) is 33.6 Å². The van der Waals surface area contributed by atoms with Crippen LogP contribution in [0, 0.1) is 11.6 Å². The molecule has 0 amide bonds. The molecule has 1 fully saturated rings. The molecule has 6 nitrogen and oxygen atoms in total. The summed E-state index contributed by atoms with van der Waals surface area (Å²) in [4.78, 5) is 24.6. The molecule has 1 aliphatic rings. The number of aromatic hydroxyl groups is 1. The van der Waals surface area contributed by atoms with Crippen molar-refractivity contribution >= 4 is 16.9 Å². The Hall–Kier alpha value is -2.64. The number of nitrogens with zero attached hydrogens (tertiary/aromatic N) is 1. The third-order valence-corrected chi connectivity index (χ3v) is 3.90.